The van der Waals surface area contributed by atoms with Gasteiger partial charge in [0.15, 0.2) is 0 Å². The van der Waals surface area contributed by atoms with Gasteiger partial charge in [-0.2, -0.15) is 0 Å². The van der Waals surface area contributed by atoms with Crippen molar-refractivity contribution in [1.29, 1.82) is 0 Å². The molecular formula is C23H23Cl2FN2O3. The summed E-state index contributed by atoms with van der Waals surface area (Å²) in [5.41, 5.74) is 2.55. The van der Waals surface area contributed by atoms with E-state index in [1.807, 2.05) is 11.0 Å². The van der Waals surface area contributed by atoms with Crippen LogP contribution in [0.25, 0.3) is 0 Å². The Hall–Kier alpha value is -2.14. The van der Waals surface area contributed by atoms with Crippen LogP contribution in [0.5, 0.6) is 0 Å². The lowest BCUT2D eigenvalue weighted by atomic mass is 10.0. The molecule has 3 rings (SSSR count). The number of halogens is 3. The number of rotatable bonds is 10. The largest absolute Gasteiger partial charge is 0.390 e. The van der Waals surface area contributed by atoms with Gasteiger partial charge in [-0.15, -0.1) is 6.42 Å². The summed E-state index contributed by atoms with van der Waals surface area (Å²) in [6.45, 7) is 1.62. The molecule has 8 heteroatoms. The molecular weight excluding hydrogens is 442 g/mol. The summed E-state index contributed by atoms with van der Waals surface area (Å²) in [7, 11) is 0. The van der Waals surface area contributed by atoms with Crippen LogP contribution in [0.2, 0.25) is 10.0 Å². The van der Waals surface area contributed by atoms with E-state index < -0.39 is 6.10 Å². The second-order valence-corrected chi connectivity index (χ2v) is 8.11. The molecule has 1 aliphatic heterocycles. The van der Waals surface area contributed by atoms with E-state index in [1.165, 1.54) is 12.1 Å². The van der Waals surface area contributed by atoms with Crippen molar-refractivity contribution in [2.45, 2.75) is 25.2 Å². The number of aliphatic hydroxyl groups excluding tert-OH is 1. The van der Waals surface area contributed by atoms with Crippen molar-refractivity contribution in [3.8, 4) is 12.3 Å². The first-order chi connectivity index (χ1) is 14.9. The molecule has 1 N–H and O–H groups in total. The quantitative estimate of drug-likeness (QED) is 0.424. The van der Waals surface area contributed by atoms with E-state index in [0.29, 0.717) is 36.1 Å². The molecule has 164 valence electrons. The first kappa shape index (κ1) is 23.5. The molecule has 1 heterocycles. The number of terminal acetylenes is 1. The van der Waals surface area contributed by atoms with Crippen LogP contribution in [0.3, 0.4) is 0 Å². The highest BCUT2D eigenvalue weighted by molar-refractivity contribution is 6.42. The van der Waals surface area contributed by atoms with E-state index in [-0.39, 0.29) is 25.1 Å². The van der Waals surface area contributed by atoms with Crippen LogP contribution in [0.1, 0.15) is 17.5 Å². The van der Waals surface area contributed by atoms with E-state index in [4.69, 9.17) is 39.2 Å². The zero-order valence-electron chi connectivity index (χ0n) is 16.8. The minimum Gasteiger partial charge on any atom is -0.390 e. The molecule has 0 saturated heterocycles. The van der Waals surface area contributed by atoms with Crippen LogP contribution in [-0.4, -0.2) is 54.2 Å². The lowest BCUT2D eigenvalue weighted by Gasteiger charge is -2.27. The van der Waals surface area contributed by atoms with Crippen LogP contribution in [-0.2, 0) is 16.1 Å². The molecule has 0 aromatic heterocycles. The van der Waals surface area contributed by atoms with Crippen LogP contribution < -0.4 is 0 Å². The van der Waals surface area contributed by atoms with Crippen LogP contribution in [0, 0.1) is 18.2 Å². The topological polar surface area (TPSA) is 54.3 Å². The molecule has 0 spiro atoms. The van der Waals surface area contributed by atoms with Crippen molar-refractivity contribution in [2.24, 2.45) is 5.16 Å². The van der Waals surface area contributed by atoms with Gasteiger partial charge in [0.05, 0.1) is 28.5 Å². The third-order valence-electron chi connectivity index (χ3n) is 4.73. The Bertz CT molecular complexity index is 947. The maximum absolute atomic E-state index is 13.3. The highest BCUT2D eigenvalue weighted by Gasteiger charge is 2.26. The van der Waals surface area contributed by atoms with Gasteiger partial charge in [-0.05, 0) is 29.8 Å². The molecule has 2 aromatic rings. The summed E-state index contributed by atoms with van der Waals surface area (Å²) >= 11 is 12.1. The average molecular weight is 465 g/mol. The smallest absolute Gasteiger partial charge is 0.145 e. The standard InChI is InChI=1S/C23H23Cl2FN2O3/c1-2-9-30-15-19(29)13-28(12-16-3-6-18(26)7-4-16)14-20-11-23(27-31-20)17-5-8-21(24)22(25)10-17/h1,3-8,10,19-20,29H,9,11-15H2. The number of benzene rings is 2. The van der Waals surface area contributed by atoms with E-state index in [0.717, 1.165) is 16.8 Å². The second-order valence-electron chi connectivity index (χ2n) is 7.29. The lowest BCUT2D eigenvalue weighted by Crippen LogP contribution is -2.39. The Balaban J connectivity index is 1.62. The monoisotopic (exact) mass is 464 g/mol. The van der Waals surface area contributed by atoms with Gasteiger partial charge in [0.1, 0.15) is 18.5 Å². The minimum atomic E-state index is -0.731. The van der Waals surface area contributed by atoms with Gasteiger partial charge >= 0.3 is 0 Å². The third-order valence-corrected chi connectivity index (χ3v) is 5.47. The van der Waals surface area contributed by atoms with Gasteiger partial charge < -0.3 is 14.7 Å². The molecule has 0 aliphatic carbocycles. The number of hydrogen-bond acceptors (Lipinski definition) is 5. The molecule has 31 heavy (non-hydrogen) atoms. The zero-order chi connectivity index (χ0) is 22.2. The molecule has 5 nitrogen and oxygen atoms in total. The van der Waals surface area contributed by atoms with Gasteiger partial charge in [0.2, 0.25) is 0 Å². The Morgan fingerprint density at radius 3 is 2.74 bits per heavy atom. The Kier molecular flexibility index (Phi) is 8.70. The van der Waals surface area contributed by atoms with Gasteiger partial charge in [-0.25, -0.2) is 4.39 Å². The maximum Gasteiger partial charge on any atom is 0.145 e. The predicted octanol–water partition coefficient (Wildman–Crippen LogP) is 4.14. The molecule has 2 unspecified atom stereocenters. The second kappa shape index (κ2) is 11.5. The number of oxime groups is 1. The summed E-state index contributed by atoms with van der Waals surface area (Å²) in [6.07, 6.45) is 4.82. The summed E-state index contributed by atoms with van der Waals surface area (Å²) in [4.78, 5) is 7.65. The van der Waals surface area contributed by atoms with E-state index in [9.17, 15) is 9.50 Å². The first-order valence-corrected chi connectivity index (χ1v) is 10.5. The Morgan fingerprint density at radius 1 is 1.26 bits per heavy atom. The number of nitrogens with zero attached hydrogens (tertiary/aromatic N) is 2. The van der Waals surface area contributed by atoms with E-state index >= 15 is 0 Å². The summed E-state index contributed by atoms with van der Waals surface area (Å²) in [6, 6.07) is 11.6. The van der Waals surface area contributed by atoms with Crippen molar-refractivity contribution in [1.82, 2.24) is 4.90 Å². The molecule has 2 aromatic carbocycles. The van der Waals surface area contributed by atoms with Crippen molar-refractivity contribution in [3.63, 3.8) is 0 Å². The summed E-state index contributed by atoms with van der Waals surface area (Å²) in [5, 5.41) is 15.5. The van der Waals surface area contributed by atoms with Crippen molar-refractivity contribution in [3.05, 3.63) is 69.5 Å². The lowest BCUT2D eigenvalue weighted by molar-refractivity contribution is 0.00418. The number of ether oxygens (including phenoxy) is 1. The van der Waals surface area contributed by atoms with Gasteiger partial charge in [-0.3, -0.25) is 4.90 Å². The Labute approximate surface area is 191 Å². The van der Waals surface area contributed by atoms with Crippen LogP contribution >= 0.6 is 23.2 Å². The van der Waals surface area contributed by atoms with Gasteiger partial charge in [0, 0.05) is 31.6 Å². The molecule has 1 aliphatic rings. The fraction of sp³-hybridized carbons (Fsp3) is 0.348. The van der Waals surface area contributed by atoms with Gasteiger partial charge in [0.25, 0.3) is 0 Å². The highest BCUT2D eigenvalue weighted by atomic mass is 35.5. The van der Waals surface area contributed by atoms with Crippen molar-refractivity contribution in [2.75, 3.05) is 26.3 Å². The fourth-order valence-corrected chi connectivity index (χ4v) is 3.61. The number of hydrogen-bond donors (Lipinski definition) is 1. The zero-order valence-corrected chi connectivity index (χ0v) is 18.3. The maximum atomic E-state index is 13.3. The Morgan fingerprint density at radius 2 is 2.03 bits per heavy atom. The van der Waals surface area contributed by atoms with Crippen molar-refractivity contribution >= 4 is 28.9 Å². The molecule has 0 saturated carbocycles. The molecule has 2 atom stereocenters. The summed E-state index contributed by atoms with van der Waals surface area (Å²) < 4.78 is 18.5. The first-order valence-electron chi connectivity index (χ1n) is 9.78. The van der Waals surface area contributed by atoms with E-state index in [1.54, 1.807) is 24.3 Å². The van der Waals surface area contributed by atoms with Crippen LogP contribution in [0.15, 0.2) is 47.6 Å². The molecule has 0 bridgehead atoms. The molecule has 0 radical (unpaired) electrons. The highest BCUT2D eigenvalue weighted by Crippen LogP contribution is 2.26. The SMILES string of the molecule is C#CCOCC(O)CN(Cc1ccc(F)cc1)CC1CC(c2ccc(Cl)c(Cl)c2)=NO1. The fourth-order valence-electron chi connectivity index (χ4n) is 3.32. The normalized spacial score (nSPS) is 16.6. The average Bonchev–Trinajstić information content (AvgIpc) is 3.20. The minimum absolute atomic E-state index is 0.126. The van der Waals surface area contributed by atoms with Gasteiger partial charge in [-0.1, -0.05) is 52.5 Å². The van der Waals surface area contributed by atoms with E-state index in [2.05, 4.69) is 11.1 Å². The summed E-state index contributed by atoms with van der Waals surface area (Å²) in [5.74, 6) is 2.08. The molecule has 0 fully saturated rings. The van der Waals surface area contributed by atoms with Crippen molar-refractivity contribution < 1.29 is 19.1 Å². The third kappa shape index (κ3) is 7.20. The number of aliphatic hydroxyl groups is 1. The predicted molar refractivity (Wildman–Crippen MR) is 120 cm³/mol. The van der Waals surface area contributed by atoms with Crippen LogP contribution in [0.4, 0.5) is 4.39 Å². The molecule has 0 amide bonds.